The summed E-state index contributed by atoms with van der Waals surface area (Å²) in [5, 5.41) is 8.10. The third-order valence-corrected chi connectivity index (χ3v) is 4.37. The first kappa shape index (κ1) is 21.2. The van der Waals surface area contributed by atoms with Crippen LogP contribution in [0.1, 0.15) is 65.2 Å². The van der Waals surface area contributed by atoms with Crippen molar-refractivity contribution >= 4 is 10.1 Å². The molecule has 0 fully saturated rings. The molecule has 2 atom stereocenters. The maximum Gasteiger partial charge on any atom is 1.00 e. The van der Waals surface area contributed by atoms with Crippen LogP contribution in [-0.4, -0.2) is 29.4 Å². The fraction of sp³-hybridized carbons (Fsp3) is 1.00. The van der Waals surface area contributed by atoms with E-state index in [0.29, 0.717) is 6.42 Å². The van der Waals surface area contributed by atoms with E-state index in [-0.39, 0.29) is 36.0 Å². The number of hydrogen-bond donors (Lipinski definition) is 1. The predicted octanol–water partition coefficient (Wildman–Crippen LogP) is -0.574. The molecule has 2 unspecified atom stereocenters. The first-order valence-electron chi connectivity index (χ1n) is 6.52. The van der Waals surface area contributed by atoms with E-state index in [1.165, 1.54) is 26.2 Å². The van der Waals surface area contributed by atoms with Gasteiger partial charge in [0.25, 0.3) is 0 Å². The molecule has 0 heterocycles. The Balaban J connectivity index is 0. The van der Waals surface area contributed by atoms with Crippen LogP contribution in [0.2, 0.25) is 0 Å². The monoisotopic (exact) mass is 288 g/mol. The molecule has 0 aliphatic rings. The zero-order chi connectivity index (χ0) is 13.3. The number of aliphatic hydroxyl groups excluding tert-OH is 1. The van der Waals surface area contributed by atoms with Crippen LogP contribution in [0.5, 0.6) is 0 Å². The molecule has 0 aromatic rings. The molecule has 104 valence electrons. The molecular formula is C12H25NaO4S. The van der Waals surface area contributed by atoms with Crippen molar-refractivity contribution in [2.45, 2.75) is 76.6 Å². The molecule has 0 spiro atoms. The molecule has 0 aromatic heterocycles. The Morgan fingerprint density at radius 1 is 1.06 bits per heavy atom. The second kappa shape index (κ2) is 11.7. The van der Waals surface area contributed by atoms with Crippen LogP contribution in [0.15, 0.2) is 0 Å². The Bertz CT molecular complexity index is 278. The van der Waals surface area contributed by atoms with Crippen molar-refractivity contribution in [3.05, 3.63) is 0 Å². The van der Waals surface area contributed by atoms with E-state index < -0.39 is 21.5 Å². The van der Waals surface area contributed by atoms with E-state index in [1.54, 1.807) is 0 Å². The normalized spacial score (nSPS) is 14.9. The fourth-order valence-corrected chi connectivity index (χ4v) is 2.87. The van der Waals surface area contributed by atoms with Crippen molar-refractivity contribution < 1.29 is 47.6 Å². The first-order chi connectivity index (χ1) is 7.89. The molecule has 0 aromatic carbocycles. The summed E-state index contributed by atoms with van der Waals surface area (Å²) in [6.07, 6.45) is 6.74. The summed E-state index contributed by atoms with van der Waals surface area (Å²) >= 11 is 0. The summed E-state index contributed by atoms with van der Waals surface area (Å²) in [6, 6.07) is 0. The van der Waals surface area contributed by atoms with E-state index >= 15 is 0 Å². The summed E-state index contributed by atoms with van der Waals surface area (Å²) in [5.74, 6) is 0. The second-order valence-electron chi connectivity index (χ2n) is 4.68. The van der Waals surface area contributed by atoms with Crippen molar-refractivity contribution in [3.63, 3.8) is 0 Å². The molecule has 0 radical (unpaired) electrons. The minimum atomic E-state index is -4.37. The summed E-state index contributed by atoms with van der Waals surface area (Å²) in [7, 11) is -4.37. The van der Waals surface area contributed by atoms with Gasteiger partial charge < -0.3 is 9.66 Å². The SMILES string of the molecule is CCCCCCCCCC(C(C)O)S(=O)(=O)[O-].[Na+]. The molecule has 0 amide bonds. The van der Waals surface area contributed by atoms with Gasteiger partial charge in [0.1, 0.15) is 10.1 Å². The van der Waals surface area contributed by atoms with Gasteiger partial charge in [-0.3, -0.25) is 0 Å². The molecule has 0 rings (SSSR count). The molecule has 0 saturated heterocycles. The van der Waals surface area contributed by atoms with Gasteiger partial charge in [-0.25, -0.2) is 8.42 Å². The molecular weight excluding hydrogens is 263 g/mol. The topological polar surface area (TPSA) is 77.4 Å². The second-order valence-corrected chi connectivity index (χ2v) is 6.27. The van der Waals surface area contributed by atoms with Crippen molar-refractivity contribution in [3.8, 4) is 0 Å². The van der Waals surface area contributed by atoms with Gasteiger partial charge in [-0.2, -0.15) is 0 Å². The van der Waals surface area contributed by atoms with Gasteiger partial charge >= 0.3 is 29.6 Å². The maximum atomic E-state index is 10.9. The van der Waals surface area contributed by atoms with Gasteiger partial charge in [0, 0.05) is 0 Å². The van der Waals surface area contributed by atoms with Crippen molar-refractivity contribution in [1.82, 2.24) is 0 Å². The Kier molecular flexibility index (Phi) is 13.7. The third kappa shape index (κ3) is 10.8. The average molecular weight is 288 g/mol. The minimum absolute atomic E-state index is 0. The van der Waals surface area contributed by atoms with Gasteiger partial charge in [-0.15, -0.1) is 0 Å². The Morgan fingerprint density at radius 3 is 1.89 bits per heavy atom. The molecule has 0 saturated carbocycles. The zero-order valence-corrected chi connectivity index (χ0v) is 14.7. The fourth-order valence-electron chi connectivity index (χ4n) is 1.93. The van der Waals surface area contributed by atoms with Crippen LogP contribution in [0, 0.1) is 0 Å². The molecule has 0 bridgehead atoms. The van der Waals surface area contributed by atoms with Crippen LogP contribution in [0.3, 0.4) is 0 Å². The summed E-state index contributed by atoms with van der Waals surface area (Å²) in [6.45, 7) is 3.52. The van der Waals surface area contributed by atoms with Crippen LogP contribution in [0.4, 0.5) is 0 Å². The number of unbranched alkanes of at least 4 members (excludes halogenated alkanes) is 6. The van der Waals surface area contributed by atoms with Crippen molar-refractivity contribution in [2.24, 2.45) is 0 Å². The predicted molar refractivity (Wildman–Crippen MR) is 67.8 cm³/mol. The summed E-state index contributed by atoms with van der Waals surface area (Å²) in [4.78, 5) is 0. The number of aliphatic hydroxyl groups is 1. The number of rotatable bonds is 10. The quantitative estimate of drug-likeness (QED) is 0.332. The first-order valence-corrected chi connectivity index (χ1v) is 7.99. The Morgan fingerprint density at radius 2 is 1.50 bits per heavy atom. The van der Waals surface area contributed by atoms with Gasteiger partial charge in [0.05, 0.1) is 11.4 Å². The number of hydrogen-bond acceptors (Lipinski definition) is 4. The van der Waals surface area contributed by atoms with Crippen molar-refractivity contribution in [2.75, 3.05) is 0 Å². The summed E-state index contributed by atoms with van der Waals surface area (Å²) in [5.41, 5.74) is 0. The van der Waals surface area contributed by atoms with E-state index in [1.807, 2.05) is 0 Å². The zero-order valence-electron chi connectivity index (χ0n) is 11.9. The van der Waals surface area contributed by atoms with E-state index in [0.717, 1.165) is 19.3 Å². The van der Waals surface area contributed by atoms with Gasteiger partial charge in [-0.1, -0.05) is 51.9 Å². The molecule has 1 N–H and O–H groups in total. The van der Waals surface area contributed by atoms with Crippen LogP contribution in [0.25, 0.3) is 0 Å². The Hall–Kier alpha value is 0.870. The van der Waals surface area contributed by atoms with Gasteiger partial charge in [-0.05, 0) is 13.3 Å². The van der Waals surface area contributed by atoms with E-state index in [4.69, 9.17) is 0 Å². The van der Waals surface area contributed by atoms with E-state index in [2.05, 4.69) is 6.92 Å². The largest absolute Gasteiger partial charge is 1.00 e. The van der Waals surface area contributed by atoms with Gasteiger partial charge in [0.2, 0.25) is 0 Å². The minimum Gasteiger partial charge on any atom is -0.748 e. The smallest absolute Gasteiger partial charge is 0.748 e. The van der Waals surface area contributed by atoms with Crippen molar-refractivity contribution in [1.29, 1.82) is 0 Å². The Labute approximate surface area is 134 Å². The third-order valence-electron chi connectivity index (χ3n) is 3.00. The van der Waals surface area contributed by atoms with E-state index in [9.17, 15) is 18.1 Å². The summed E-state index contributed by atoms with van der Waals surface area (Å²) < 4.78 is 32.6. The van der Waals surface area contributed by atoms with Crippen LogP contribution in [-0.2, 0) is 10.1 Å². The molecule has 0 aliphatic carbocycles. The molecule has 4 nitrogen and oxygen atoms in total. The molecule has 6 heteroatoms. The molecule has 0 aliphatic heterocycles. The maximum absolute atomic E-state index is 10.9. The van der Waals surface area contributed by atoms with Gasteiger partial charge in [0.15, 0.2) is 0 Å². The average Bonchev–Trinajstić information content (AvgIpc) is 2.19. The van der Waals surface area contributed by atoms with Crippen LogP contribution >= 0.6 is 0 Å². The molecule has 18 heavy (non-hydrogen) atoms. The standard InChI is InChI=1S/C12H26O4S.Na/c1-3-4-5-6-7-8-9-10-12(11(2)13)17(14,15)16;/h11-13H,3-10H2,1-2H3,(H,14,15,16);/q;+1/p-1. The van der Waals surface area contributed by atoms with Crippen LogP contribution < -0.4 is 29.6 Å².